The number of carbonyl (C=O) groups is 1. The van der Waals surface area contributed by atoms with E-state index in [4.69, 9.17) is 17.3 Å². The van der Waals surface area contributed by atoms with Crippen molar-refractivity contribution in [2.45, 2.75) is 26.3 Å². The molecule has 0 aliphatic carbocycles. The predicted octanol–water partition coefficient (Wildman–Crippen LogP) is 3.19. The third-order valence-electron chi connectivity index (χ3n) is 4.19. The Kier molecular flexibility index (Phi) is 6.02. The van der Waals surface area contributed by atoms with Gasteiger partial charge in [-0.15, -0.1) is 0 Å². The zero-order valence-corrected chi connectivity index (χ0v) is 15.4. The van der Waals surface area contributed by atoms with Crippen LogP contribution in [0.4, 0.5) is 0 Å². The Morgan fingerprint density at radius 3 is 2.67 bits per heavy atom. The number of halogens is 1. The summed E-state index contributed by atoms with van der Waals surface area (Å²) in [6.45, 7) is 4.78. The average molecular weight is 349 g/mol. The van der Waals surface area contributed by atoms with E-state index in [-0.39, 0.29) is 11.9 Å². The van der Waals surface area contributed by atoms with Crippen LogP contribution in [0, 0.1) is 5.92 Å². The van der Waals surface area contributed by atoms with E-state index in [0.29, 0.717) is 28.7 Å². The van der Waals surface area contributed by atoms with Gasteiger partial charge >= 0.3 is 0 Å². The molecule has 130 valence electrons. The molecule has 1 atom stereocenters. The first-order valence-electron chi connectivity index (χ1n) is 8.10. The van der Waals surface area contributed by atoms with Crippen LogP contribution < -0.4 is 5.73 Å². The summed E-state index contributed by atoms with van der Waals surface area (Å²) in [5.41, 5.74) is 7.99. The standard InChI is InChI=1S/C18H25ClN4O/c1-12(2)16(20)9-10-22(3)18(24)14-11-23(4)21-17(14)13-7-5-6-8-15(13)19/h5-8,11-12,16H,9-10,20H2,1-4H3. The van der Waals surface area contributed by atoms with Crippen LogP contribution in [0.2, 0.25) is 5.02 Å². The highest BCUT2D eigenvalue weighted by molar-refractivity contribution is 6.33. The second-order valence-electron chi connectivity index (χ2n) is 6.47. The van der Waals surface area contributed by atoms with Gasteiger partial charge in [0.15, 0.2) is 0 Å². The van der Waals surface area contributed by atoms with Crippen molar-refractivity contribution in [3.8, 4) is 11.3 Å². The molecule has 0 fully saturated rings. The molecule has 2 rings (SSSR count). The van der Waals surface area contributed by atoms with Crippen molar-refractivity contribution in [2.24, 2.45) is 18.7 Å². The minimum absolute atomic E-state index is 0.0750. The van der Waals surface area contributed by atoms with Crippen LogP contribution in [0.3, 0.4) is 0 Å². The molecule has 0 aliphatic heterocycles. The van der Waals surface area contributed by atoms with Crippen molar-refractivity contribution in [1.29, 1.82) is 0 Å². The summed E-state index contributed by atoms with van der Waals surface area (Å²) >= 11 is 6.27. The highest BCUT2D eigenvalue weighted by Gasteiger charge is 2.22. The lowest BCUT2D eigenvalue weighted by atomic mass is 10.0. The smallest absolute Gasteiger partial charge is 0.257 e. The van der Waals surface area contributed by atoms with Crippen LogP contribution in [-0.4, -0.2) is 40.2 Å². The van der Waals surface area contributed by atoms with Gasteiger partial charge in [0.1, 0.15) is 5.69 Å². The summed E-state index contributed by atoms with van der Waals surface area (Å²) in [7, 11) is 3.59. The largest absolute Gasteiger partial charge is 0.342 e. The molecular weight excluding hydrogens is 324 g/mol. The molecule has 1 unspecified atom stereocenters. The second kappa shape index (κ2) is 7.81. The molecule has 0 radical (unpaired) electrons. The van der Waals surface area contributed by atoms with E-state index in [0.717, 1.165) is 12.0 Å². The predicted molar refractivity (Wildman–Crippen MR) is 98.0 cm³/mol. The fourth-order valence-electron chi connectivity index (χ4n) is 2.48. The molecule has 2 aromatic rings. The van der Waals surface area contributed by atoms with Crippen molar-refractivity contribution in [1.82, 2.24) is 14.7 Å². The van der Waals surface area contributed by atoms with Gasteiger partial charge in [-0.05, 0) is 18.4 Å². The van der Waals surface area contributed by atoms with Gasteiger partial charge in [-0.25, -0.2) is 0 Å². The SMILES string of the molecule is CC(C)C(N)CCN(C)C(=O)c1cn(C)nc1-c1ccccc1Cl. The van der Waals surface area contributed by atoms with Gasteiger partial charge in [0.05, 0.1) is 10.6 Å². The van der Waals surface area contributed by atoms with E-state index in [1.165, 1.54) is 0 Å². The van der Waals surface area contributed by atoms with Crippen LogP contribution in [0.5, 0.6) is 0 Å². The minimum atomic E-state index is -0.0750. The van der Waals surface area contributed by atoms with Crippen molar-refractivity contribution in [3.63, 3.8) is 0 Å². The molecule has 0 aliphatic rings. The number of nitrogens with two attached hydrogens (primary N) is 1. The number of aromatic nitrogens is 2. The molecule has 5 nitrogen and oxygen atoms in total. The molecule has 1 heterocycles. The van der Waals surface area contributed by atoms with Gasteiger partial charge in [-0.1, -0.05) is 43.6 Å². The van der Waals surface area contributed by atoms with Gasteiger partial charge in [0.2, 0.25) is 0 Å². The highest BCUT2D eigenvalue weighted by Crippen LogP contribution is 2.29. The van der Waals surface area contributed by atoms with Crippen molar-refractivity contribution in [3.05, 3.63) is 41.0 Å². The summed E-state index contributed by atoms with van der Waals surface area (Å²) in [6.07, 6.45) is 2.50. The van der Waals surface area contributed by atoms with E-state index in [2.05, 4.69) is 18.9 Å². The molecule has 1 amide bonds. The Labute approximate surface area is 148 Å². The Bertz CT molecular complexity index is 711. The number of rotatable bonds is 6. The molecule has 6 heteroatoms. The molecule has 0 saturated heterocycles. The monoisotopic (exact) mass is 348 g/mol. The number of hydrogen-bond donors (Lipinski definition) is 1. The lowest BCUT2D eigenvalue weighted by Gasteiger charge is -2.21. The second-order valence-corrected chi connectivity index (χ2v) is 6.88. The molecule has 0 bridgehead atoms. The van der Waals surface area contributed by atoms with Crippen LogP contribution in [-0.2, 0) is 7.05 Å². The maximum Gasteiger partial charge on any atom is 0.257 e. The fraction of sp³-hybridized carbons (Fsp3) is 0.444. The number of nitrogens with zero attached hydrogens (tertiary/aromatic N) is 3. The topological polar surface area (TPSA) is 64.2 Å². The Morgan fingerprint density at radius 1 is 1.38 bits per heavy atom. The maximum absolute atomic E-state index is 12.8. The van der Waals surface area contributed by atoms with E-state index >= 15 is 0 Å². The third-order valence-corrected chi connectivity index (χ3v) is 4.52. The van der Waals surface area contributed by atoms with Gasteiger partial charge in [-0.3, -0.25) is 9.48 Å². The molecular formula is C18H25ClN4O. The summed E-state index contributed by atoms with van der Waals surface area (Å²) in [4.78, 5) is 14.5. The Hall–Kier alpha value is -1.85. The molecule has 1 aromatic carbocycles. The van der Waals surface area contributed by atoms with Crippen molar-refractivity contribution >= 4 is 17.5 Å². The van der Waals surface area contributed by atoms with E-state index < -0.39 is 0 Å². The maximum atomic E-state index is 12.8. The number of amides is 1. The first-order chi connectivity index (χ1) is 11.3. The van der Waals surface area contributed by atoms with E-state index in [1.54, 1.807) is 35.9 Å². The summed E-state index contributed by atoms with van der Waals surface area (Å²) in [5, 5.41) is 5.01. The summed E-state index contributed by atoms with van der Waals surface area (Å²) < 4.78 is 1.64. The summed E-state index contributed by atoms with van der Waals surface area (Å²) in [5.74, 6) is 0.319. The van der Waals surface area contributed by atoms with Crippen LogP contribution >= 0.6 is 11.6 Å². The zero-order chi connectivity index (χ0) is 17.9. The normalized spacial score (nSPS) is 12.5. The fourth-order valence-corrected chi connectivity index (χ4v) is 2.71. The lowest BCUT2D eigenvalue weighted by Crippen LogP contribution is -2.34. The van der Waals surface area contributed by atoms with Crippen molar-refractivity contribution in [2.75, 3.05) is 13.6 Å². The quantitative estimate of drug-likeness (QED) is 0.871. The number of hydrogen-bond acceptors (Lipinski definition) is 3. The van der Waals surface area contributed by atoms with Crippen molar-refractivity contribution < 1.29 is 4.79 Å². The molecule has 2 N–H and O–H groups in total. The zero-order valence-electron chi connectivity index (χ0n) is 14.7. The molecule has 0 spiro atoms. The van der Waals surface area contributed by atoms with E-state index in [1.807, 2.05) is 18.2 Å². The Morgan fingerprint density at radius 2 is 2.04 bits per heavy atom. The Balaban J connectivity index is 2.23. The number of benzene rings is 1. The lowest BCUT2D eigenvalue weighted by molar-refractivity contribution is 0.0790. The van der Waals surface area contributed by atoms with Crippen LogP contribution in [0.15, 0.2) is 30.5 Å². The summed E-state index contributed by atoms with van der Waals surface area (Å²) in [6, 6.07) is 7.49. The first-order valence-corrected chi connectivity index (χ1v) is 8.48. The van der Waals surface area contributed by atoms with Gasteiger partial charge in [0, 0.05) is 38.4 Å². The van der Waals surface area contributed by atoms with Gasteiger partial charge in [0.25, 0.3) is 5.91 Å². The first kappa shape index (κ1) is 18.5. The van der Waals surface area contributed by atoms with Gasteiger partial charge in [-0.2, -0.15) is 5.10 Å². The van der Waals surface area contributed by atoms with Crippen LogP contribution in [0.1, 0.15) is 30.6 Å². The molecule has 1 aromatic heterocycles. The molecule has 0 saturated carbocycles. The molecule has 24 heavy (non-hydrogen) atoms. The number of carbonyl (C=O) groups excluding carboxylic acids is 1. The van der Waals surface area contributed by atoms with E-state index in [9.17, 15) is 4.79 Å². The number of aryl methyl sites for hydroxylation is 1. The third kappa shape index (κ3) is 4.16. The average Bonchev–Trinajstić information content (AvgIpc) is 2.93. The van der Waals surface area contributed by atoms with Crippen LogP contribution in [0.25, 0.3) is 11.3 Å². The highest BCUT2D eigenvalue weighted by atomic mass is 35.5. The minimum Gasteiger partial charge on any atom is -0.342 e. The van der Waals surface area contributed by atoms with Gasteiger partial charge < -0.3 is 10.6 Å².